The van der Waals surface area contributed by atoms with E-state index < -0.39 is 0 Å². The van der Waals surface area contributed by atoms with Gasteiger partial charge in [0.2, 0.25) is 0 Å². The summed E-state index contributed by atoms with van der Waals surface area (Å²) in [7, 11) is 2.02. The van der Waals surface area contributed by atoms with E-state index in [0.29, 0.717) is 12.5 Å². The highest BCUT2D eigenvalue weighted by Crippen LogP contribution is 2.27. The van der Waals surface area contributed by atoms with Gasteiger partial charge in [0.1, 0.15) is 0 Å². The van der Waals surface area contributed by atoms with Gasteiger partial charge in [-0.3, -0.25) is 4.90 Å². The SMILES string of the molecule is C#CCN(C)CC1CC(O)C1. The highest BCUT2D eigenvalue weighted by Gasteiger charge is 2.27. The van der Waals surface area contributed by atoms with Crippen molar-refractivity contribution < 1.29 is 5.11 Å². The molecule has 0 unspecified atom stereocenters. The van der Waals surface area contributed by atoms with Crippen molar-refractivity contribution in [3.05, 3.63) is 0 Å². The molecule has 62 valence electrons. The second kappa shape index (κ2) is 3.75. The summed E-state index contributed by atoms with van der Waals surface area (Å²) < 4.78 is 0. The summed E-state index contributed by atoms with van der Waals surface area (Å²) >= 11 is 0. The van der Waals surface area contributed by atoms with Crippen LogP contribution in [0.25, 0.3) is 0 Å². The maximum Gasteiger partial charge on any atom is 0.0596 e. The van der Waals surface area contributed by atoms with Gasteiger partial charge in [0.15, 0.2) is 0 Å². The first-order chi connectivity index (χ1) is 5.22. The fourth-order valence-corrected chi connectivity index (χ4v) is 1.51. The molecule has 1 aliphatic rings. The standard InChI is InChI=1S/C9H15NO/c1-3-4-10(2)7-8-5-9(11)6-8/h1,8-9,11H,4-7H2,2H3. The lowest BCUT2D eigenvalue weighted by molar-refractivity contribution is 0.0301. The van der Waals surface area contributed by atoms with Gasteiger partial charge in [-0.25, -0.2) is 0 Å². The van der Waals surface area contributed by atoms with E-state index in [9.17, 15) is 0 Å². The lowest BCUT2D eigenvalue weighted by atomic mass is 9.82. The molecule has 1 saturated carbocycles. The minimum atomic E-state index is -0.0424. The van der Waals surface area contributed by atoms with Gasteiger partial charge in [0.05, 0.1) is 12.6 Å². The Morgan fingerprint density at radius 1 is 1.64 bits per heavy atom. The van der Waals surface area contributed by atoms with E-state index in [0.717, 1.165) is 19.4 Å². The third kappa shape index (κ3) is 2.53. The lowest BCUT2D eigenvalue weighted by Crippen LogP contribution is -2.37. The second-order valence-corrected chi connectivity index (χ2v) is 3.39. The van der Waals surface area contributed by atoms with Gasteiger partial charge < -0.3 is 5.11 Å². The first-order valence-corrected chi connectivity index (χ1v) is 4.02. The van der Waals surface area contributed by atoms with Gasteiger partial charge in [-0.2, -0.15) is 0 Å². The fraction of sp³-hybridized carbons (Fsp3) is 0.778. The van der Waals surface area contributed by atoms with Crippen molar-refractivity contribution >= 4 is 0 Å². The molecule has 0 aromatic rings. The molecule has 0 aliphatic heterocycles. The Morgan fingerprint density at radius 3 is 2.73 bits per heavy atom. The third-order valence-corrected chi connectivity index (χ3v) is 2.14. The van der Waals surface area contributed by atoms with Crippen molar-refractivity contribution in [1.29, 1.82) is 0 Å². The van der Waals surface area contributed by atoms with Crippen LogP contribution in [0.15, 0.2) is 0 Å². The topological polar surface area (TPSA) is 23.5 Å². The van der Waals surface area contributed by atoms with Crippen LogP contribution in [0.2, 0.25) is 0 Å². The summed E-state index contributed by atoms with van der Waals surface area (Å²) in [5, 5.41) is 9.00. The van der Waals surface area contributed by atoms with Crippen LogP contribution in [0.4, 0.5) is 0 Å². The van der Waals surface area contributed by atoms with Crippen molar-refractivity contribution in [2.24, 2.45) is 5.92 Å². The van der Waals surface area contributed by atoms with Crippen LogP contribution < -0.4 is 0 Å². The molecule has 2 heteroatoms. The number of rotatable bonds is 3. The summed E-state index contributed by atoms with van der Waals surface area (Å²) in [6, 6.07) is 0. The zero-order valence-corrected chi connectivity index (χ0v) is 6.95. The molecule has 0 amide bonds. The van der Waals surface area contributed by atoms with Crippen LogP contribution in [0.5, 0.6) is 0 Å². The molecule has 11 heavy (non-hydrogen) atoms. The number of terminal acetylenes is 1. The Balaban J connectivity index is 2.08. The normalized spacial score (nSPS) is 29.6. The number of aliphatic hydroxyl groups is 1. The number of hydrogen-bond donors (Lipinski definition) is 1. The van der Waals surface area contributed by atoms with Gasteiger partial charge in [-0.15, -0.1) is 6.42 Å². The lowest BCUT2D eigenvalue weighted by Gasteiger charge is -2.33. The van der Waals surface area contributed by atoms with Gasteiger partial charge >= 0.3 is 0 Å². The smallest absolute Gasteiger partial charge is 0.0596 e. The molecule has 0 aromatic heterocycles. The third-order valence-electron chi connectivity index (χ3n) is 2.14. The molecule has 0 saturated heterocycles. The quantitative estimate of drug-likeness (QED) is 0.590. The first kappa shape index (κ1) is 8.58. The predicted molar refractivity (Wildman–Crippen MR) is 45.1 cm³/mol. The van der Waals surface area contributed by atoms with Crippen molar-refractivity contribution in [1.82, 2.24) is 4.90 Å². The van der Waals surface area contributed by atoms with Crippen LogP contribution in [-0.4, -0.2) is 36.2 Å². The Bertz CT molecular complexity index is 155. The molecule has 0 heterocycles. The van der Waals surface area contributed by atoms with E-state index in [1.165, 1.54) is 0 Å². The van der Waals surface area contributed by atoms with Gasteiger partial charge in [-0.1, -0.05) is 5.92 Å². The molecule has 1 N–H and O–H groups in total. The van der Waals surface area contributed by atoms with Gasteiger partial charge in [0, 0.05) is 6.54 Å². The van der Waals surface area contributed by atoms with Crippen LogP contribution in [0.1, 0.15) is 12.8 Å². The average Bonchev–Trinajstić information content (AvgIpc) is 1.85. The molecule has 1 fully saturated rings. The molecule has 0 radical (unpaired) electrons. The van der Waals surface area contributed by atoms with Gasteiger partial charge in [-0.05, 0) is 25.8 Å². The minimum Gasteiger partial charge on any atom is -0.393 e. The van der Waals surface area contributed by atoms with Crippen LogP contribution in [0, 0.1) is 18.3 Å². The summed E-state index contributed by atoms with van der Waals surface area (Å²) in [6.07, 6.45) is 7.02. The maximum atomic E-state index is 9.00. The predicted octanol–water partition coefficient (Wildman–Crippen LogP) is 0.322. The van der Waals surface area contributed by atoms with E-state index in [1.807, 2.05) is 7.05 Å². The highest BCUT2D eigenvalue weighted by molar-refractivity contribution is 4.89. The van der Waals surface area contributed by atoms with Crippen molar-refractivity contribution in [2.75, 3.05) is 20.1 Å². The molecule has 2 nitrogen and oxygen atoms in total. The Hall–Kier alpha value is -0.520. The van der Waals surface area contributed by atoms with E-state index in [1.54, 1.807) is 0 Å². The molecular formula is C9H15NO. The van der Waals surface area contributed by atoms with E-state index in [-0.39, 0.29) is 6.10 Å². The Kier molecular flexibility index (Phi) is 2.92. The molecule has 0 aromatic carbocycles. The summed E-state index contributed by atoms with van der Waals surface area (Å²) in [4.78, 5) is 2.12. The van der Waals surface area contributed by atoms with E-state index in [2.05, 4.69) is 10.8 Å². The fourth-order valence-electron chi connectivity index (χ4n) is 1.51. The molecule has 1 rings (SSSR count). The summed E-state index contributed by atoms with van der Waals surface area (Å²) in [5.41, 5.74) is 0. The zero-order valence-electron chi connectivity index (χ0n) is 6.95. The second-order valence-electron chi connectivity index (χ2n) is 3.39. The first-order valence-electron chi connectivity index (χ1n) is 4.02. The average molecular weight is 153 g/mol. The summed E-state index contributed by atoms with van der Waals surface area (Å²) in [5.74, 6) is 3.27. The Morgan fingerprint density at radius 2 is 2.27 bits per heavy atom. The van der Waals surface area contributed by atoms with Gasteiger partial charge in [0.25, 0.3) is 0 Å². The van der Waals surface area contributed by atoms with Crippen LogP contribution >= 0.6 is 0 Å². The molecule has 0 atom stereocenters. The van der Waals surface area contributed by atoms with E-state index >= 15 is 0 Å². The van der Waals surface area contributed by atoms with Crippen molar-refractivity contribution in [3.8, 4) is 12.3 Å². The van der Waals surface area contributed by atoms with Crippen LogP contribution in [0.3, 0.4) is 0 Å². The molecule has 0 bridgehead atoms. The zero-order chi connectivity index (χ0) is 8.27. The van der Waals surface area contributed by atoms with Crippen molar-refractivity contribution in [3.63, 3.8) is 0 Å². The van der Waals surface area contributed by atoms with Crippen molar-refractivity contribution in [2.45, 2.75) is 18.9 Å². The molecule has 1 aliphatic carbocycles. The number of hydrogen-bond acceptors (Lipinski definition) is 2. The monoisotopic (exact) mass is 153 g/mol. The minimum absolute atomic E-state index is 0.0424. The Labute approximate surface area is 68.2 Å². The number of nitrogens with zero attached hydrogens (tertiary/aromatic N) is 1. The largest absolute Gasteiger partial charge is 0.393 e. The molecule has 0 spiro atoms. The van der Waals surface area contributed by atoms with Crippen LogP contribution in [-0.2, 0) is 0 Å². The maximum absolute atomic E-state index is 9.00. The number of aliphatic hydroxyl groups excluding tert-OH is 1. The van der Waals surface area contributed by atoms with E-state index in [4.69, 9.17) is 11.5 Å². The highest BCUT2D eigenvalue weighted by atomic mass is 16.3. The summed E-state index contributed by atoms with van der Waals surface area (Å²) in [6.45, 7) is 1.74. The molecular weight excluding hydrogens is 138 g/mol.